The van der Waals surface area contributed by atoms with Gasteiger partial charge in [0.05, 0.1) is 35.7 Å². The van der Waals surface area contributed by atoms with Crippen molar-refractivity contribution in [3.63, 3.8) is 0 Å². The zero-order chi connectivity index (χ0) is 13.5. The van der Waals surface area contributed by atoms with Crippen molar-refractivity contribution >= 4 is 28.6 Å². The number of hydrogen-bond donors (Lipinski definition) is 1. The van der Waals surface area contributed by atoms with Crippen molar-refractivity contribution in [1.82, 2.24) is 9.88 Å². The molecule has 1 amide bonds. The quantitative estimate of drug-likeness (QED) is 0.942. The van der Waals surface area contributed by atoms with Gasteiger partial charge in [0, 0.05) is 5.38 Å². The highest BCUT2D eigenvalue weighted by atomic mass is 32.1. The van der Waals surface area contributed by atoms with E-state index in [2.05, 4.69) is 4.98 Å². The number of amides is 1. The van der Waals surface area contributed by atoms with Crippen molar-refractivity contribution < 1.29 is 9.90 Å². The summed E-state index contributed by atoms with van der Waals surface area (Å²) in [7, 11) is 0. The van der Waals surface area contributed by atoms with Crippen LogP contribution in [-0.4, -0.2) is 39.6 Å². The number of carbonyl (C=O) groups excluding carboxylic acids is 1. The van der Waals surface area contributed by atoms with Gasteiger partial charge in [-0.15, -0.1) is 22.7 Å². The Morgan fingerprint density at radius 1 is 1.53 bits per heavy atom. The van der Waals surface area contributed by atoms with Crippen LogP contribution in [0, 0.1) is 0 Å². The number of β-amino-alcohol motifs (C(OH)–C–C–N with tert-alkyl or cyclic N) is 1. The SMILES string of the molecule is CC1(O)CN(C(=O)Cc2csc(-c3cccs3)n2)C1. The molecule has 0 spiro atoms. The summed E-state index contributed by atoms with van der Waals surface area (Å²) < 4.78 is 0. The molecule has 1 N–H and O–H groups in total. The van der Waals surface area contributed by atoms with Gasteiger partial charge < -0.3 is 10.0 Å². The lowest BCUT2D eigenvalue weighted by atomic mass is 9.96. The van der Waals surface area contributed by atoms with Crippen molar-refractivity contribution in [3.8, 4) is 9.88 Å². The molecule has 1 fully saturated rings. The molecule has 19 heavy (non-hydrogen) atoms. The van der Waals surface area contributed by atoms with E-state index in [1.54, 1.807) is 34.5 Å². The van der Waals surface area contributed by atoms with Gasteiger partial charge in [-0.25, -0.2) is 4.98 Å². The zero-order valence-electron chi connectivity index (χ0n) is 10.5. The average Bonchev–Trinajstić information content (AvgIpc) is 2.94. The van der Waals surface area contributed by atoms with Crippen molar-refractivity contribution in [3.05, 3.63) is 28.6 Å². The monoisotopic (exact) mass is 294 g/mol. The molecule has 0 unspecified atom stereocenters. The largest absolute Gasteiger partial charge is 0.386 e. The van der Waals surface area contributed by atoms with E-state index in [0.717, 1.165) is 15.6 Å². The summed E-state index contributed by atoms with van der Waals surface area (Å²) in [6, 6.07) is 4.02. The van der Waals surface area contributed by atoms with Crippen LogP contribution in [0.15, 0.2) is 22.9 Å². The Morgan fingerprint density at radius 2 is 2.32 bits per heavy atom. The number of thiazole rings is 1. The lowest BCUT2D eigenvalue weighted by molar-refractivity contribution is -0.151. The second-order valence-corrected chi connectivity index (χ2v) is 6.85. The molecule has 3 heterocycles. The lowest BCUT2D eigenvalue weighted by Gasteiger charge is -2.44. The Kier molecular flexibility index (Phi) is 3.16. The second kappa shape index (κ2) is 4.70. The number of thiophene rings is 1. The smallest absolute Gasteiger partial charge is 0.228 e. The third kappa shape index (κ3) is 2.70. The maximum Gasteiger partial charge on any atom is 0.228 e. The Bertz CT molecular complexity index is 582. The Labute approximate surface area is 119 Å². The molecule has 4 nitrogen and oxygen atoms in total. The fourth-order valence-electron chi connectivity index (χ4n) is 2.12. The molecule has 1 aliphatic heterocycles. The van der Waals surface area contributed by atoms with Gasteiger partial charge in [-0.1, -0.05) is 6.07 Å². The molecule has 0 atom stereocenters. The predicted octanol–water partition coefficient (Wildman–Crippen LogP) is 2.01. The highest BCUT2D eigenvalue weighted by Crippen LogP contribution is 2.28. The van der Waals surface area contributed by atoms with Gasteiger partial charge in [0.1, 0.15) is 5.01 Å². The van der Waals surface area contributed by atoms with Gasteiger partial charge in [-0.3, -0.25) is 4.79 Å². The Balaban J connectivity index is 1.63. The molecular weight excluding hydrogens is 280 g/mol. The number of rotatable bonds is 3. The van der Waals surface area contributed by atoms with Crippen LogP contribution < -0.4 is 0 Å². The summed E-state index contributed by atoms with van der Waals surface area (Å²) in [4.78, 5) is 19.3. The van der Waals surface area contributed by atoms with Crippen molar-refractivity contribution in [2.75, 3.05) is 13.1 Å². The summed E-state index contributed by atoms with van der Waals surface area (Å²) in [6.07, 6.45) is 0.317. The molecule has 0 bridgehead atoms. The number of aliphatic hydroxyl groups is 1. The summed E-state index contributed by atoms with van der Waals surface area (Å²) in [5, 5.41) is 14.5. The first-order valence-electron chi connectivity index (χ1n) is 6.02. The molecule has 2 aromatic heterocycles. The Hall–Kier alpha value is -1.24. The Morgan fingerprint density at radius 3 is 2.95 bits per heavy atom. The van der Waals surface area contributed by atoms with Crippen molar-refractivity contribution in [1.29, 1.82) is 0 Å². The van der Waals surface area contributed by atoms with E-state index in [1.807, 2.05) is 22.9 Å². The van der Waals surface area contributed by atoms with Crippen LogP contribution in [0.25, 0.3) is 9.88 Å². The molecule has 2 aromatic rings. The molecule has 6 heteroatoms. The standard InChI is InChI=1S/C13H14N2O2S2/c1-13(17)7-15(8-13)11(16)5-9-6-19-12(14-9)10-3-2-4-18-10/h2-4,6,17H,5,7-8H2,1H3. The average molecular weight is 294 g/mol. The second-order valence-electron chi connectivity index (χ2n) is 5.04. The molecule has 0 aromatic carbocycles. The van der Waals surface area contributed by atoms with Gasteiger partial charge in [-0.2, -0.15) is 0 Å². The minimum Gasteiger partial charge on any atom is -0.386 e. The van der Waals surface area contributed by atoms with E-state index < -0.39 is 5.60 Å². The van der Waals surface area contributed by atoms with Crippen LogP contribution in [0.2, 0.25) is 0 Å². The van der Waals surface area contributed by atoms with Crippen LogP contribution in [0.3, 0.4) is 0 Å². The molecule has 100 valence electrons. The lowest BCUT2D eigenvalue weighted by Crippen LogP contribution is -2.62. The number of nitrogens with zero attached hydrogens (tertiary/aromatic N) is 2. The van der Waals surface area contributed by atoms with Gasteiger partial charge in [0.25, 0.3) is 0 Å². The van der Waals surface area contributed by atoms with E-state index in [-0.39, 0.29) is 5.91 Å². The highest BCUT2D eigenvalue weighted by molar-refractivity contribution is 7.20. The third-order valence-corrected chi connectivity index (χ3v) is 4.96. The minimum atomic E-state index is -0.708. The third-order valence-electron chi connectivity index (χ3n) is 3.03. The fraction of sp³-hybridized carbons (Fsp3) is 0.385. The van der Waals surface area contributed by atoms with E-state index in [9.17, 15) is 9.90 Å². The first-order chi connectivity index (χ1) is 9.03. The normalized spacial score (nSPS) is 17.3. The number of aromatic nitrogens is 1. The maximum atomic E-state index is 12.0. The van der Waals surface area contributed by atoms with Crippen LogP contribution in [0.4, 0.5) is 0 Å². The van der Waals surface area contributed by atoms with E-state index in [1.165, 1.54) is 0 Å². The first-order valence-corrected chi connectivity index (χ1v) is 7.78. The predicted molar refractivity (Wildman–Crippen MR) is 76.3 cm³/mol. The molecule has 0 aliphatic carbocycles. The van der Waals surface area contributed by atoms with Crippen LogP contribution in [0.1, 0.15) is 12.6 Å². The molecular formula is C13H14N2O2S2. The summed E-state index contributed by atoms with van der Waals surface area (Å²) in [6.45, 7) is 2.59. The number of likely N-dealkylation sites (tertiary alicyclic amines) is 1. The van der Waals surface area contributed by atoms with Gasteiger partial charge in [0.2, 0.25) is 5.91 Å². The zero-order valence-corrected chi connectivity index (χ0v) is 12.1. The van der Waals surface area contributed by atoms with Crippen LogP contribution in [0.5, 0.6) is 0 Å². The fourth-order valence-corrected chi connectivity index (χ4v) is 3.75. The van der Waals surface area contributed by atoms with Crippen LogP contribution >= 0.6 is 22.7 Å². The number of hydrogen-bond acceptors (Lipinski definition) is 5. The van der Waals surface area contributed by atoms with Crippen molar-refractivity contribution in [2.24, 2.45) is 0 Å². The van der Waals surface area contributed by atoms with Crippen LogP contribution in [-0.2, 0) is 11.2 Å². The van der Waals surface area contributed by atoms with Crippen molar-refractivity contribution in [2.45, 2.75) is 18.9 Å². The van der Waals surface area contributed by atoms with E-state index >= 15 is 0 Å². The van der Waals surface area contributed by atoms with Gasteiger partial charge >= 0.3 is 0 Å². The highest BCUT2D eigenvalue weighted by Gasteiger charge is 2.39. The maximum absolute atomic E-state index is 12.0. The molecule has 1 saturated heterocycles. The van der Waals surface area contributed by atoms with E-state index in [4.69, 9.17) is 0 Å². The topological polar surface area (TPSA) is 53.4 Å². The molecule has 0 radical (unpaired) electrons. The van der Waals surface area contributed by atoms with Gasteiger partial charge in [-0.05, 0) is 18.4 Å². The summed E-state index contributed by atoms with van der Waals surface area (Å²) in [5.74, 6) is 0.0366. The molecule has 3 rings (SSSR count). The molecule has 1 aliphatic rings. The summed E-state index contributed by atoms with van der Waals surface area (Å²) >= 11 is 3.22. The summed E-state index contributed by atoms with van der Waals surface area (Å²) in [5.41, 5.74) is 0.102. The number of carbonyl (C=O) groups is 1. The molecule has 0 saturated carbocycles. The van der Waals surface area contributed by atoms with Gasteiger partial charge in [0.15, 0.2) is 0 Å². The first kappa shape index (κ1) is 12.8. The minimum absolute atomic E-state index is 0.0366. The van der Waals surface area contributed by atoms with E-state index in [0.29, 0.717) is 19.5 Å².